The zero-order chi connectivity index (χ0) is 18.4. The van der Waals surface area contributed by atoms with Crippen LogP contribution in [0, 0.1) is 18.8 Å². The molecule has 0 bridgehead atoms. The fourth-order valence-corrected chi connectivity index (χ4v) is 3.65. The molecule has 1 aliphatic carbocycles. The molecule has 0 amide bonds. The third-order valence-electron chi connectivity index (χ3n) is 5.68. The predicted octanol–water partition coefficient (Wildman–Crippen LogP) is 6.20. The fourth-order valence-electron chi connectivity index (χ4n) is 3.65. The van der Waals surface area contributed by atoms with Crippen molar-refractivity contribution in [1.29, 1.82) is 0 Å². The molecule has 2 aromatic rings. The molecule has 136 valence electrons. The van der Waals surface area contributed by atoms with Crippen LogP contribution in [-0.2, 0) is 5.41 Å². The average molecular weight is 341 g/mol. The van der Waals surface area contributed by atoms with E-state index < -0.39 is 0 Å². The topological polar surface area (TPSA) is 40.5 Å². The molecule has 25 heavy (non-hydrogen) atoms. The minimum absolute atomic E-state index is 0.230. The number of rotatable bonds is 2. The van der Waals surface area contributed by atoms with Gasteiger partial charge >= 0.3 is 0 Å². The number of aromatic hydroxyl groups is 2. The summed E-state index contributed by atoms with van der Waals surface area (Å²) in [5.41, 5.74) is 2.76. The number of hydrogen-bond donors (Lipinski definition) is 2. The molecule has 0 aromatic heterocycles. The average Bonchev–Trinajstić information content (AvgIpc) is 2.59. The fraction of sp³-hybridized carbons (Fsp3) is 0.478. The third kappa shape index (κ3) is 5.52. The van der Waals surface area contributed by atoms with E-state index in [4.69, 9.17) is 5.11 Å². The van der Waals surface area contributed by atoms with E-state index in [9.17, 15) is 5.11 Å². The van der Waals surface area contributed by atoms with Crippen LogP contribution in [0.1, 0.15) is 57.6 Å². The van der Waals surface area contributed by atoms with Crippen LogP contribution in [0.3, 0.4) is 0 Å². The van der Waals surface area contributed by atoms with E-state index in [1.54, 1.807) is 12.1 Å². The van der Waals surface area contributed by atoms with E-state index in [1.807, 2.05) is 31.2 Å². The smallest absolute Gasteiger partial charge is 0.115 e. The molecule has 3 rings (SSSR count). The lowest BCUT2D eigenvalue weighted by atomic mass is 9.66. The molecule has 1 fully saturated rings. The Bertz CT molecular complexity index is 612. The van der Waals surface area contributed by atoms with Gasteiger partial charge in [-0.05, 0) is 66.8 Å². The highest BCUT2D eigenvalue weighted by Crippen LogP contribution is 2.42. The molecule has 0 heterocycles. The van der Waals surface area contributed by atoms with Gasteiger partial charge in [-0.3, -0.25) is 0 Å². The van der Waals surface area contributed by atoms with E-state index in [0.29, 0.717) is 11.5 Å². The van der Waals surface area contributed by atoms with Crippen molar-refractivity contribution in [3.63, 3.8) is 0 Å². The first-order valence-electron chi connectivity index (χ1n) is 9.34. The summed E-state index contributed by atoms with van der Waals surface area (Å²) in [6.45, 7) is 9.04. The van der Waals surface area contributed by atoms with Crippen molar-refractivity contribution < 1.29 is 10.2 Å². The molecule has 2 aromatic carbocycles. The van der Waals surface area contributed by atoms with Crippen molar-refractivity contribution >= 4 is 0 Å². The van der Waals surface area contributed by atoms with Gasteiger partial charge in [0.05, 0.1) is 0 Å². The summed E-state index contributed by atoms with van der Waals surface area (Å²) in [5.74, 6) is 2.38. The Kier molecular flexibility index (Phi) is 6.52. The number of aryl methyl sites for hydroxylation is 1. The summed E-state index contributed by atoms with van der Waals surface area (Å²) in [6, 6.07) is 14.9. The van der Waals surface area contributed by atoms with Gasteiger partial charge in [-0.25, -0.2) is 0 Å². The SMILES string of the molecule is CC1CCC(C(C)(C)c2ccc(O)cc2)CC1.Cc1ccc(O)cc1. The second-order valence-corrected chi connectivity index (χ2v) is 8.06. The first kappa shape index (κ1) is 19.4. The van der Waals surface area contributed by atoms with Gasteiger partial charge < -0.3 is 10.2 Å². The molecule has 2 nitrogen and oxygen atoms in total. The van der Waals surface area contributed by atoms with E-state index in [1.165, 1.54) is 36.8 Å². The summed E-state index contributed by atoms with van der Waals surface area (Å²) < 4.78 is 0. The Balaban J connectivity index is 0.000000236. The minimum Gasteiger partial charge on any atom is -0.508 e. The molecule has 2 heteroatoms. The van der Waals surface area contributed by atoms with E-state index >= 15 is 0 Å². The number of phenols is 2. The molecule has 2 N–H and O–H groups in total. The maximum Gasteiger partial charge on any atom is 0.115 e. The zero-order valence-corrected chi connectivity index (χ0v) is 16.0. The van der Waals surface area contributed by atoms with Crippen molar-refractivity contribution in [2.24, 2.45) is 11.8 Å². The second kappa shape index (κ2) is 8.42. The summed E-state index contributed by atoms with van der Waals surface area (Å²) in [6.07, 6.45) is 5.42. The highest BCUT2D eigenvalue weighted by atomic mass is 16.3. The molecule has 0 saturated heterocycles. The lowest BCUT2D eigenvalue weighted by molar-refractivity contribution is 0.202. The minimum atomic E-state index is 0.230. The highest BCUT2D eigenvalue weighted by Gasteiger charge is 2.33. The van der Waals surface area contributed by atoms with Gasteiger partial charge in [0, 0.05) is 0 Å². The third-order valence-corrected chi connectivity index (χ3v) is 5.68. The van der Waals surface area contributed by atoms with Crippen LogP contribution in [0.4, 0.5) is 0 Å². The number of benzene rings is 2. The van der Waals surface area contributed by atoms with Gasteiger partial charge in [0.25, 0.3) is 0 Å². The van der Waals surface area contributed by atoms with Crippen LogP contribution in [0.2, 0.25) is 0 Å². The molecule has 0 radical (unpaired) electrons. The Morgan fingerprint density at radius 2 is 1.20 bits per heavy atom. The van der Waals surface area contributed by atoms with Gasteiger partial charge in [0.2, 0.25) is 0 Å². The molecule has 1 aliphatic rings. The standard InChI is InChI=1S/C16H24O.C7H8O/c1-12-4-6-13(7-5-12)16(2,3)14-8-10-15(17)11-9-14;1-6-2-4-7(8)5-3-6/h8-13,17H,4-7H2,1-3H3;2-5,8H,1H3. The Labute approximate surface area is 152 Å². The van der Waals surface area contributed by atoms with Crippen molar-refractivity contribution in [2.45, 2.75) is 58.8 Å². The molecular weight excluding hydrogens is 308 g/mol. The number of hydrogen-bond acceptors (Lipinski definition) is 2. The largest absolute Gasteiger partial charge is 0.508 e. The van der Waals surface area contributed by atoms with Gasteiger partial charge in [-0.15, -0.1) is 0 Å². The number of phenolic OH excluding ortho intramolecular Hbond substituents is 2. The lowest BCUT2D eigenvalue weighted by Gasteiger charge is -2.39. The maximum atomic E-state index is 9.37. The van der Waals surface area contributed by atoms with Crippen LogP contribution >= 0.6 is 0 Å². The molecule has 1 saturated carbocycles. The van der Waals surface area contributed by atoms with Gasteiger partial charge in [0.15, 0.2) is 0 Å². The van der Waals surface area contributed by atoms with E-state index in [0.717, 1.165) is 11.8 Å². The molecular formula is C23H32O2. The lowest BCUT2D eigenvalue weighted by Crippen LogP contribution is -2.31. The van der Waals surface area contributed by atoms with Crippen LogP contribution < -0.4 is 0 Å². The molecule has 0 aliphatic heterocycles. The van der Waals surface area contributed by atoms with Crippen molar-refractivity contribution in [3.8, 4) is 11.5 Å². The quantitative estimate of drug-likeness (QED) is 0.683. The highest BCUT2D eigenvalue weighted by molar-refractivity contribution is 5.31. The summed E-state index contributed by atoms with van der Waals surface area (Å²) in [7, 11) is 0. The van der Waals surface area contributed by atoms with Crippen LogP contribution in [0.25, 0.3) is 0 Å². The van der Waals surface area contributed by atoms with Gasteiger partial charge in [-0.2, -0.15) is 0 Å². The first-order valence-corrected chi connectivity index (χ1v) is 9.34. The Morgan fingerprint density at radius 1 is 0.760 bits per heavy atom. The van der Waals surface area contributed by atoms with Gasteiger partial charge in [0.1, 0.15) is 11.5 Å². The van der Waals surface area contributed by atoms with Crippen molar-refractivity contribution in [1.82, 2.24) is 0 Å². The Hall–Kier alpha value is -1.96. The summed E-state index contributed by atoms with van der Waals surface area (Å²) >= 11 is 0. The first-order chi connectivity index (χ1) is 11.8. The summed E-state index contributed by atoms with van der Waals surface area (Å²) in [4.78, 5) is 0. The molecule has 0 atom stereocenters. The monoisotopic (exact) mass is 340 g/mol. The van der Waals surface area contributed by atoms with Crippen LogP contribution in [0.5, 0.6) is 11.5 Å². The van der Waals surface area contributed by atoms with Gasteiger partial charge in [-0.1, -0.05) is 63.4 Å². The summed E-state index contributed by atoms with van der Waals surface area (Å²) in [5, 5.41) is 18.1. The zero-order valence-electron chi connectivity index (χ0n) is 16.0. The molecule has 0 unspecified atom stereocenters. The normalized spacial score (nSPS) is 20.5. The second-order valence-electron chi connectivity index (χ2n) is 8.06. The van der Waals surface area contributed by atoms with Crippen molar-refractivity contribution in [2.75, 3.05) is 0 Å². The van der Waals surface area contributed by atoms with Crippen molar-refractivity contribution in [3.05, 3.63) is 59.7 Å². The van der Waals surface area contributed by atoms with Crippen LogP contribution in [-0.4, -0.2) is 10.2 Å². The van der Waals surface area contributed by atoms with E-state index in [2.05, 4.69) is 32.9 Å². The molecule has 0 spiro atoms. The Morgan fingerprint density at radius 3 is 1.64 bits per heavy atom. The maximum absolute atomic E-state index is 9.37. The van der Waals surface area contributed by atoms with E-state index in [-0.39, 0.29) is 5.41 Å². The predicted molar refractivity (Wildman–Crippen MR) is 105 cm³/mol. The van der Waals surface area contributed by atoms with Crippen LogP contribution in [0.15, 0.2) is 48.5 Å².